The summed E-state index contributed by atoms with van der Waals surface area (Å²) in [6.45, 7) is 2.29. The van der Waals surface area contributed by atoms with E-state index in [1.54, 1.807) is 0 Å². The second-order valence-corrected chi connectivity index (χ2v) is 2.98. The molecule has 0 saturated carbocycles. The molecule has 2 saturated heterocycles. The first-order valence-corrected chi connectivity index (χ1v) is 3.98. The highest BCUT2D eigenvalue weighted by Gasteiger charge is 2.31. The number of amides is 1. The molecule has 62 valence electrons. The van der Waals surface area contributed by atoms with Gasteiger partial charge in [0.15, 0.2) is 0 Å². The molecule has 2 aliphatic rings. The number of ether oxygens (including phenoxy) is 1. The quantitative estimate of drug-likeness (QED) is 0.466. The van der Waals surface area contributed by atoms with E-state index in [0.717, 1.165) is 13.2 Å². The number of carbonyl (C=O) groups is 1. The lowest BCUT2D eigenvalue weighted by Gasteiger charge is -2.35. The summed E-state index contributed by atoms with van der Waals surface area (Å²) in [5.74, 6) is 0.129. The zero-order valence-corrected chi connectivity index (χ0v) is 6.30. The summed E-state index contributed by atoms with van der Waals surface area (Å²) in [6.07, 6.45) is 0.756. The molecule has 2 unspecified atom stereocenters. The third-order valence-electron chi connectivity index (χ3n) is 2.20. The summed E-state index contributed by atoms with van der Waals surface area (Å²) in [5, 5.41) is 6.04. The Labute approximate surface area is 65.3 Å². The van der Waals surface area contributed by atoms with Crippen LogP contribution in [-0.4, -0.2) is 37.7 Å². The molecular formula is C7H12N2O2. The van der Waals surface area contributed by atoms with Crippen molar-refractivity contribution < 1.29 is 9.53 Å². The maximum absolute atomic E-state index is 10.9. The zero-order chi connectivity index (χ0) is 7.68. The number of hydrogen-bond acceptors (Lipinski definition) is 3. The average Bonchev–Trinajstić information content (AvgIpc) is 2.04. The number of morpholine rings is 1. The highest BCUT2D eigenvalue weighted by atomic mass is 16.5. The Kier molecular flexibility index (Phi) is 1.79. The van der Waals surface area contributed by atoms with Gasteiger partial charge < -0.3 is 15.4 Å². The standard InChI is InChI=1S/C7H12N2O2/c10-7-3-5-6(4-9-7)11-2-1-8-5/h5-6,8H,1-4H2,(H,9,10). The van der Waals surface area contributed by atoms with Crippen molar-refractivity contribution in [3.05, 3.63) is 0 Å². The van der Waals surface area contributed by atoms with Gasteiger partial charge in [0.2, 0.25) is 5.91 Å². The molecule has 11 heavy (non-hydrogen) atoms. The van der Waals surface area contributed by atoms with E-state index < -0.39 is 0 Å². The molecule has 0 aliphatic carbocycles. The lowest BCUT2D eigenvalue weighted by Crippen LogP contribution is -2.58. The van der Waals surface area contributed by atoms with Crippen LogP contribution in [0.5, 0.6) is 0 Å². The monoisotopic (exact) mass is 156 g/mol. The van der Waals surface area contributed by atoms with Gasteiger partial charge in [-0.2, -0.15) is 0 Å². The van der Waals surface area contributed by atoms with Crippen LogP contribution in [0.2, 0.25) is 0 Å². The third kappa shape index (κ3) is 1.36. The summed E-state index contributed by atoms with van der Waals surface area (Å²) in [7, 11) is 0. The fourth-order valence-corrected chi connectivity index (χ4v) is 1.59. The van der Waals surface area contributed by atoms with Crippen molar-refractivity contribution in [3.8, 4) is 0 Å². The SMILES string of the molecule is O=C1CC2NCCOC2CN1. The van der Waals surface area contributed by atoms with Gasteiger partial charge in [-0.3, -0.25) is 4.79 Å². The van der Waals surface area contributed by atoms with E-state index >= 15 is 0 Å². The minimum absolute atomic E-state index is 0.129. The van der Waals surface area contributed by atoms with Crippen LogP contribution in [0, 0.1) is 0 Å². The Balaban J connectivity index is 1.98. The van der Waals surface area contributed by atoms with Gasteiger partial charge in [-0.25, -0.2) is 0 Å². The Bertz CT molecular complexity index is 172. The number of carbonyl (C=O) groups excluding carboxylic acids is 1. The molecule has 0 radical (unpaired) electrons. The van der Waals surface area contributed by atoms with Crippen LogP contribution < -0.4 is 10.6 Å². The van der Waals surface area contributed by atoms with Crippen LogP contribution >= 0.6 is 0 Å². The van der Waals surface area contributed by atoms with Gasteiger partial charge in [0.05, 0.1) is 12.7 Å². The summed E-state index contributed by atoms with van der Waals surface area (Å²) >= 11 is 0. The predicted molar refractivity (Wildman–Crippen MR) is 39.2 cm³/mol. The lowest BCUT2D eigenvalue weighted by molar-refractivity contribution is -0.127. The molecule has 2 rings (SSSR count). The van der Waals surface area contributed by atoms with Gasteiger partial charge in [0, 0.05) is 25.6 Å². The topological polar surface area (TPSA) is 50.4 Å². The van der Waals surface area contributed by atoms with Crippen LogP contribution in [-0.2, 0) is 9.53 Å². The minimum Gasteiger partial charge on any atom is -0.373 e. The maximum atomic E-state index is 10.9. The van der Waals surface area contributed by atoms with E-state index in [4.69, 9.17) is 4.74 Å². The summed E-state index contributed by atoms with van der Waals surface area (Å²) in [4.78, 5) is 10.9. The molecule has 2 atom stereocenters. The van der Waals surface area contributed by atoms with Gasteiger partial charge in [-0.15, -0.1) is 0 Å². The van der Waals surface area contributed by atoms with Gasteiger partial charge in [0.25, 0.3) is 0 Å². The molecule has 0 bridgehead atoms. The van der Waals surface area contributed by atoms with Crippen LogP contribution in [0.25, 0.3) is 0 Å². The average molecular weight is 156 g/mol. The normalized spacial score (nSPS) is 37.6. The first-order chi connectivity index (χ1) is 5.36. The van der Waals surface area contributed by atoms with Crippen molar-refractivity contribution in [1.82, 2.24) is 10.6 Å². The van der Waals surface area contributed by atoms with Crippen molar-refractivity contribution in [2.45, 2.75) is 18.6 Å². The van der Waals surface area contributed by atoms with Crippen molar-refractivity contribution in [1.29, 1.82) is 0 Å². The Morgan fingerprint density at radius 3 is 3.36 bits per heavy atom. The highest BCUT2D eigenvalue weighted by Crippen LogP contribution is 2.11. The number of hydrogen-bond donors (Lipinski definition) is 2. The van der Waals surface area contributed by atoms with Crippen LogP contribution in [0.15, 0.2) is 0 Å². The van der Waals surface area contributed by atoms with Crippen molar-refractivity contribution in [3.63, 3.8) is 0 Å². The molecule has 2 N–H and O–H groups in total. The van der Waals surface area contributed by atoms with Gasteiger partial charge in [-0.1, -0.05) is 0 Å². The van der Waals surface area contributed by atoms with Crippen molar-refractivity contribution >= 4 is 5.91 Å². The van der Waals surface area contributed by atoms with E-state index in [2.05, 4.69) is 10.6 Å². The van der Waals surface area contributed by atoms with Gasteiger partial charge in [-0.05, 0) is 0 Å². The van der Waals surface area contributed by atoms with Crippen LogP contribution in [0.4, 0.5) is 0 Å². The van der Waals surface area contributed by atoms with Crippen molar-refractivity contribution in [2.24, 2.45) is 0 Å². The van der Waals surface area contributed by atoms with Gasteiger partial charge in [0.1, 0.15) is 0 Å². The van der Waals surface area contributed by atoms with E-state index in [1.807, 2.05) is 0 Å². The Hall–Kier alpha value is -0.610. The van der Waals surface area contributed by atoms with Crippen molar-refractivity contribution in [2.75, 3.05) is 19.7 Å². The summed E-state index contributed by atoms with van der Waals surface area (Å²) in [6, 6.07) is 0.248. The van der Waals surface area contributed by atoms with E-state index in [9.17, 15) is 4.79 Å². The number of rotatable bonds is 0. The summed E-state index contributed by atoms with van der Waals surface area (Å²) in [5.41, 5.74) is 0. The zero-order valence-electron chi connectivity index (χ0n) is 6.30. The Morgan fingerprint density at radius 1 is 1.55 bits per heavy atom. The third-order valence-corrected chi connectivity index (χ3v) is 2.20. The fourth-order valence-electron chi connectivity index (χ4n) is 1.59. The Morgan fingerprint density at radius 2 is 2.45 bits per heavy atom. The predicted octanol–water partition coefficient (Wildman–Crippen LogP) is -1.14. The first kappa shape index (κ1) is 7.06. The first-order valence-electron chi connectivity index (χ1n) is 3.98. The molecule has 0 aromatic carbocycles. The lowest BCUT2D eigenvalue weighted by atomic mass is 10.0. The number of fused-ring (bicyclic) bond motifs is 1. The molecule has 2 heterocycles. The molecule has 4 nitrogen and oxygen atoms in total. The molecule has 1 amide bonds. The second-order valence-electron chi connectivity index (χ2n) is 2.98. The summed E-state index contributed by atoms with van der Waals surface area (Å²) < 4.78 is 5.45. The molecular weight excluding hydrogens is 144 g/mol. The minimum atomic E-state index is 0.129. The van der Waals surface area contributed by atoms with E-state index in [1.165, 1.54) is 0 Å². The fraction of sp³-hybridized carbons (Fsp3) is 0.857. The molecule has 2 fully saturated rings. The van der Waals surface area contributed by atoms with Crippen LogP contribution in [0.3, 0.4) is 0 Å². The molecule has 0 aromatic heterocycles. The second kappa shape index (κ2) is 2.79. The largest absolute Gasteiger partial charge is 0.373 e. The smallest absolute Gasteiger partial charge is 0.221 e. The highest BCUT2D eigenvalue weighted by molar-refractivity contribution is 5.77. The van der Waals surface area contributed by atoms with E-state index in [-0.39, 0.29) is 18.1 Å². The van der Waals surface area contributed by atoms with E-state index in [0.29, 0.717) is 13.0 Å². The number of nitrogens with one attached hydrogen (secondary N) is 2. The molecule has 0 aromatic rings. The number of piperidine rings is 1. The van der Waals surface area contributed by atoms with Gasteiger partial charge >= 0.3 is 0 Å². The molecule has 4 heteroatoms. The molecule has 0 spiro atoms. The van der Waals surface area contributed by atoms with Crippen LogP contribution in [0.1, 0.15) is 6.42 Å². The molecule has 2 aliphatic heterocycles. The maximum Gasteiger partial charge on any atom is 0.221 e.